The molecule has 1 aromatic carbocycles. The van der Waals surface area contributed by atoms with E-state index in [9.17, 15) is 9.36 Å². The first-order valence-electron chi connectivity index (χ1n) is 3.73. The Kier molecular flexibility index (Phi) is 2.98. The van der Waals surface area contributed by atoms with Gasteiger partial charge in [0, 0.05) is 5.56 Å². The van der Waals surface area contributed by atoms with Crippen molar-refractivity contribution in [2.24, 2.45) is 11.0 Å². The fourth-order valence-corrected chi connectivity index (χ4v) is 1.57. The first-order chi connectivity index (χ1) is 5.99. The van der Waals surface area contributed by atoms with Crippen LogP contribution in [0.15, 0.2) is 30.3 Å². The van der Waals surface area contributed by atoms with Crippen LogP contribution in [0.2, 0.25) is 0 Å². The maximum atomic E-state index is 11.3. The monoisotopic (exact) mass is 198 g/mol. The predicted molar refractivity (Wildman–Crippen MR) is 51.6 cm³/mol. The summed E-state index contributed by atoms with van der Waals surface area (Å²) in [6, 6.07) is 8.52. The fourth-order valence-electron chi connectivity index (χ4n) is 0.940. The van der Waals surface area contributed by atoms with E-state index in [4.69, 9.17) is 11.0 Å². The molecule has 0 aromatic heterocycles. The number of hydrogen-bond acceptors (Lipinski definition) is 2. The number of carbonyl (C=O) groups excluding carboxylic acids is 1. The van der Waals surface area contributed by atoms with Gasteiger partial charge in [-0.3, -0.25) is 20.4 Å². The molecule has 0 atom stereocenters. The Morgan fingerprint density at radius 1 is 1.23 bits per heavy atom. The van der Waals surface area contributed by atoms with Gasteiger partial charge in [0.2, 0.25) is 7.44 Å². The molecule has 70 valence electrons. The van der Waals surface area contributed by atoms with Gasteiger partial charge >= 0.3 is 0 Å². The highest BCUT2D eigenvalue weighted by Gasteiger charge is 2.16. The highest BCUT2D eigenvalue weighted by molar-refractivity contribution is 7.60. The number of carbonyl (C=O) groups is 1. The smallest absolute Gasteiger partial charge is 0.213 e. The van der Waals surface area contributed by atoms with Crippen LogP contribution in [0.25, 0.3) is 0 Å². The molecule has 0 amide bonds. The van der Waals surface area contributed by atoms with Crippen molar-refractivity contribution in [1.29, 1.82) is 0 Å². The summed E-state index contributed by atoms with van der Waals surface area (Å²) in [6.07, 6.45) is -0.281. The molecule has 0 unspecified atom stereocenters. The topological polar surface area (TPSA) is 86.2 Å². The third-order valence-electron chi connectivity index (χ3n) is 1.49. The van der Waals surface area contributed by atoms with Crippen molar-refractivity contribution in [2.45, 2.75) is 0 Å². The Hall–Kier alpha value is -0.960. The van der Waals surface area contributed by atoms with Crippen molar-refractivity contribution >= 4 is 13.2 Å². The summed E-state index contributed by atoms with van der Waals surface area (Å²) in [7, 11) is -3.24. The van der Waals surface area contributed by atoms with Crippen LogP contribution in [0, 0.1) is 0 Å². The molecule has 4 N–H and O–H groups in total. The second kappa shape index (κ2) is 3.83. The fraction of sp³-hybridized carbons (Fsp3) is 0.125. The zero-order valence-corrected chi connectivity index (χ0v) is 7.91. The lowest BCUT2D eigenvalue weighted by atomic mass is 10.2. The number of hydrogen-bond donors (Lipinski definition) is 2. The summed E-state index contributed by atoms with van der Waals surface area (Å²) in [4.78, 5) is 11.3. The van der Waals surface area contributed by atoms with Crippen LogP contribution >= 0.6 is 7.44 Å². The molecule has 13 heavy (non-hydrogen) atoms. The first-order valence-corrected chi connectivity index (χ1v) is 5.76. The van der Waals surface area contributed by atoms with E-state index in [0.717, 1.165) is 0 Å². The van der Waals surface area contributed by atoms with Crippen LogP contribution in [0.5, 0.6) is 0 Å². The van der Waals surface area contributed by atoms with Crippen molar-refractivity contribution in [3.63, 3.8) is 0 Å². The third-order valence-corrected chi connectivity index (χ3v) is 2.27. The number of ketones is 1. The Bertz CT molecular complexity index is 344. The Morgan fingerprint density at radius 3 is 2.23 bits per heavy atom. The standard InChI is InChI=1S/C8H11N2O2P/c9-13(10,12)6-8(11)7-4-2-1-3-5-7/h1-5H,6H2,(H4,9,10,12). The Balaban J connectivity index is 2.76. The summed E-state index contributed by atoms with van der Waals surface area (Å²) in [5.41, 5.74) is 10.7. The number of Topliss-reactive ketones (excluding diaryl/α,β-unsaturated/α-hetero) is 1. The van der Waals surface area contributed by atoms with Crippen LogP contribution < -0.4 is 11.0 Å². The molecule has 0 radical (unpaired) electrons. The molecule has 0 aliphatic carbocycles. The van der Waals surface area contributed by atoms with Crippen molar-refractivity contribution in [1.82, 2.24) is 0 Å². The minimum atomic E-state index is -3.24. The van der Waals surface area contributed by atoms with Gasteiger partial charge in [0.25, 0.3) is 0 Å². The average Bonchev–Trinajstić information content (AvgIpc) is 2.03. The van der Waals surface area contributed by atoms with E-state index in [2.05, 4.69) is 0 Å². The van der Waals surface area contributed by atoms with Gasteiger partial charge in [0.05, 0.1) is 6.16 Å². The van der Waals surface area contributed by atoms with Crippen LogP contribution in [0.3, 0.4) is 0 Å². The molecule has 0 fully saturated rings. The minimum Gasteiger partial charge on any atom is -0.294 e. The van der Waals surface area contributed by atoms with Gasteiger partial charge < -0.3 is 0 Å². The summed E-state index contributed by atoms with van der Waals surface area (Å²) < 4.78 is 10.9. The average molecular weight is 198 g/mol. The molecule has 0 saturated heterocycles. The van der Waals surface area contributed by atoms with Gasteiger partial charge in [-0.15, -0.1) is 0 Å². The van der Waals surface area contributed by atoms with Gasteiger partial charge in [0.1, 0.15) is 0 Å². The Labute approximate surface area is 76.4 Å². The van der Waals surface area contributed by atoms with E-state index >= 15 is 0 Å². The summed E-state index contributed by atoms with van der Waals surface area (Å²) in [5.74, 6) is -0.283. The van der Waals surface area contributed by atoms with Crippen molar-refractivity contribution in [3.8, 4) is 0 Å². The van der Waals surface area contributed by atoms with Gasteiger partial charge in [0.15, 0.2) is 5.78 Å². The normalized spacial score (nSPS) is 11.2. The summed E-state index contributed by atoms with van der Waals surface area (Å²) in [6.45, 7) is 0. The van der Waals surface area contributed by atoms with Crippen LogP contribution in [0.4, 0.5) is 0 Å². The van der Waals surface area contributed by atoms with E-state index < -0.39 is 7.44 Å². The molecular weight excluding hydrogens is 187 g/mol. The zero-order valence-electron chi connectivity index (χ0n) is 7.01. The Morgan fingerprint density at radius 2 is 1.77 bits per heavy atom. The van der Waals surface area contributed by atoms with Crippen molar-refractivity contribution < 1.29 is 9.36 Å². The van der Waals surface area contributed by atoms with Gasteiger partial charge in [-0.1, -0.05) is 30.3 Å². The second-order valence-corrected chi connectivity index (χ2v) is 4.83. The molecule has 1 rings (SSSR count). The maximum absolute atomic E-state index is 11.3. The molecule has 0 bridgehead atoms. The van der Waals surface area contributed by atoms with E-state index in [0.29, 0.717) is 5.56 Å². The quantitative estimate of drug-likeness (QED) is 0.559. The summed E-state index contributed by atoms with van der Waals surface area (Å²) >= 11 is 0. The molecule has 4 nitrogen and oxygen atoms in total. The summed E-state index contributed by atoms with van der Waals surface area (Å²) in [5, 5.41) is 0. The molecule has 1 aromatic rings. The second-order valence-electron chi connectivity index (χ2n) is 2.80. The number of benzene rings is 1. The van der Waals surface area contributed by atoms with Crippen molar-refractivity contribution in [2.75, 3.05) is 6.16 Å². The highest BCUT2D eigenvalue weighted by atomic mass is 31.2. The molecule has 0 spiro atoms. The van der Waals surface area contributed by atoms with Crippen LogP contribution in [-0.2, 0) is 4.57 Å². The lowest BCUT2D eigenvalue weighted by Gasteiger charge is -2.04. The molecule has 5 heteroatoms. The largest absolute Gasteiger partial charge is 0.294 e. The molecular formula is C8H11N2O2P. The SMILES string of the molecule is NP(N)(=O)CC(=O)c1ccccc1. The van der Waals surface area contributed by atoms with E-state index in [1.165, 1.54) is 0 Å². The van der Waals surface area contributed by atoms with E-state index in [1.54, 1.807) is 30.3 Å². The predicted octanol–water partition coefficient (Wildman–Crippen LogP) is 0.980. The minimum absolute atomic E-state index is 0.281. The van der Waals surface area contributed by atoms with E-state index in [-0.39, 0.29) is 11.9 Å². The van der Waals surface area contributed by atoms with Crippen molar-refractivity contribution in [3.05, 3.63) is 35.9 Å². The van der Waals surface area contributed by atoms with Gasteiger partial charge in [-0.25, -0.2) is 0 Å². The van der Waals surface area contributed by atoms with Gasteiger partial charge in [-0.05, 0) is 0 Å². The van der Waals surface area contributed by atoms with Crippen LogP contribution in [0.1, 0.15) is 10.4 Å². The number of rotatable bonds is 3. The molecule has 0 aliphatic rings. The lowest BCUT2D eigenvalue weighted by molar-refractivity contribution is 0.102. The van der Waals surface area contributed by atoms with Gasteiger partial charge in [-0.2, -0.15) is 0 Å². The molecule has 0 saturated carbocycles. The third kappa shape index (κ3) is 3.51. The van der Waals surface area contributed by atoms with E-state index in [1.807, 2.05) is 0 Å². The maximum Gasteiger partial charge on any atom is 0.213 e. The molecule has 0 aliphatic heterocycles. The van der Waals surface area contributed by atoms with Crippen LogP contribution in [-0.4, -0.2) is 11.9 Å². The molecule has 0 heterocycles. The highest BCUT2D eigenvalue weighted by Crippen LogP contribution is 2.25. The lowest BCUT2D eigenvalue weighted by Crippen LogP contribution is -2.16. The number of nitrogens with two attached hydrogens (primary N) is 2. The zero-order chi connectivity index (χ0) is 9.90. The first kappa shape index (κ1) is 10.1.